The zero-order valence-electron chi connectivity index (χ0n) is 6.66. The van der Waals surface area contributed by atoms with Crippen LogP contribution in [0.1, 0.15) is 10.9 Å². The van der Waals surface area contributed by atoms with E-state index in [-0.39, 0.29) is 0 Å². The minimum absolute atomic E-state index is 0.624. The number of methoxy groups -OCH3 is 1. The van der Waals surface area contributed by atoms with Crippen LogP contribution in [0.25, 0.3) is 0 Å². The Bertz CT molecular complexity index is 273. The lowest BCUT2D eigenvalue weighted by molar-refractivity contribution is -0.107. The second kappa shape index (κ2) is 4.12. The van der Waals surface area contributed by atoms with E-state index in [1.54, 1.807) is 19.2 Å². The average Bonchev–Trinajstić information content (AvgIpc) is 2.16. The zero-order valence-corrected chi connectivity index (χ0v) is 7.41. The summed E-state index contributed by atoms with van der Waals surface area (Å²) in [5.74, 6) is 0.643. The van der Waals surface area contributed by atoms with Gasteiger partial charge in [0.05, 0.1) is 7.11 Å². The molecule has 0 amide bonds. The van der Waals surface area contributed by atoms with Crippen molar-refractivity contribution in [3.63, 3.8) is 0 Å². The Morgan fingerprint density at radius 3 is 2.75 bits per heavy atom. The molecule has 3 heteroatoms. The van der Waals surface area contributed by atoms with E-state index in [1.165, 1.54) is 0 Å². The van der Waals surface area contributed by atoms with Gasteiger partial charge in [0, 0.05) is 5.56 Å². The van der Waals surface area contributed by atoms with E-state index in [9.17, 15) is 4.79 Å². The smallest absolute Gasteiger partial charge is 0.142 e. The monoisotopic (exact) mass is 184 g/mol. The number of hydrogen-bond donors (Lipinski definition) is 0. The van der Waals surface area contributed by atoms with E-state index in [0.717, 1.165) is 0 Å². The Kier molecular flexibility index (Phi) is 3.11. The summed E-state index contributed by atoms with van der Waals surface area (Å²) >= 11 is 5.73. The minimum Gasteiger partial charge on any atom is -0.496 e. The summed E-state index contributed by atoms with van der Waals surface area (Å²) in [6, 6.07) is 7.19. The second-order valence-corrected chi connectivity index (χ2v) is 2.75. The predicted molar refractivity (Wildman–Crippen MR) is 47.7 cm³/mol. The molecule has 12 heavy (non-hydrogen) atoms. The summed E-state index contributed by atoms with van der Waals surface area (Å²) in [6.07, 6.45) is 0.680. The fraction of sp³-hybridized carbons (Fsp3) is 0.222. The van der Waals surface area contributed by atoms with Crippen molar-refractivity contribution in [3.8, 4) is 5.75 Å². The van der Waals surface area contributed by atoms with E-state index in [2.05, 4.69) is 0 Å². The lowest BCUT2D eigenvalue weighted by atomic mass is 10.1. The normalized spacial score (nSPS) is 12.2. The molecule has 0 bridgehead atoms. The van der Waals surface area contributed by atoms with E-state index in [1.807, 2.05) is 12.1 Å². The number of halogens is 1. The maximum atomic E-state index is 10.4. The average molecular weight is 185 g/mol. The molecule has 2 nitrogen and oxygen atoms in total. The molecular formula is C9H9ClO2. The molecular weight excluding hydrogens is 176 g/mol. The molecule has 1 aromatic carbocycles. The Balaban J connectivity index is 3.04. The molecule has 1 atom stereocenters. The van der Waals surface area contributed by atoms with Gasteiger partial charge >= 0.3 is 0 Å². The Morgan fingerprint density at radius 1 is 1.50 bits per heavy atom. The molecule has 0 aliphatic rings. The van der Waals surface area contributed by atoms with Crippen LogP contribution in [0.15, 0.2) is 24.3 Å². The van der Waals surface area contributed by atoms with Gasteiger partial charge in [0.1, 0.15) is 17.4 Å². The van der Waals surface area contributed by atoms with E-state index < -0.39 is 5.38 Å². The van der Waals surface area contributed by atoms with Crippen molar-refractivity contribution in [2.24, 2.45) is 0 Å². The first-order valence-electron chi connectivity index (χ1n) is 3.52. The van der Waals surface area contributed by atoms with Gasteiger partial charge in [-0.3, -0.25) is 0 Å². The van der Waals surface area contributed by atoms with Crippen molar-refractivity contribution in [2.45, 2.75) is 5.38 Å². The van der Waals surface area contributed by atoms with Crippen LogP contribution in [0.2, 0.25) is 0 Å². The van der Waals surface area contributed by atoms with Gasteiger partial charge < -0.3 is 9.53 Å². The van der Waals surface area contributed by atoms with Gasteiger partial charge in [-0.1, -0.05) is 18.2 Å². The van der Waals surface area contributed by atoms with Crippen molar-refractivity contribution in [1.29, 1.82) is 0 Å². The highest BCUT2D eigenvalue weighted by Crippen LogP contribution is 2.27. The van der Waals surface area contributed by atoms with Gasteiger partial charge in [0.25, 0.3) is 0 Å². The number of hydrogen-bond acceptors (Lipinski definition) is 2. The molecule has 1 aromatic rings. The summed E-state index contributed by atoms with van der Waals surface area (Å²) in [7, 11) is 1.55. The van der Waals surface area contributed by atoms with Crippen LogP contribution in [0, 0.1) is 0 Å². The zero-order chi connectivity index (χ0) is 8.97. The quantitative estimate of drug-likeness (QED) is 0.532. The number of carbonyl (C=O) groups excluding carboxylic acids is 1. The van der Waals surface area contributed by atoms with Gasteiger partial charge in [-0.2, -0.15) is 0 Å². The van der Waals surface area contributed by atoms with Crippen LogP contribution in [0.4, 0.5) is 0 Å². The fourth-order valence-corrected chi connectivity index (χ4v) is 1.15. The number of rotatable bonds is 3. The van der Waals surface area contributed by atoms with Gasteiger partial charge in [0.15, 0.2) is 0 Å². The highest BCUT2D eigenvalue weighted by Gasteiger charge is 2.10. The highest BCUT2D eigenvalue weighted by molar-refractivity contribution is 6.27. The van der Waals surface area contributed by atoms with Crippen molar-refractivity contribution < 1.29 is 9.53 Å². The van der Waals surface area contributed by atoms with E-state index in [4.69, 9.17) is 16.3 Å². The largest absolute Gasteiger partial charge is 0.496 e. The Morgan fingerprint density at radius 2 is 2.17 bits per heavy atom. The maximum Gasteiger partial charge on any atom is 0.142 e. The Hall–Kier alpha value is -1.02. The van der Waals surface area contributed by atoms with E-state index in [0.29, 0.717) is 17.6 Å². The van der Waals surface area contributed by atoms with Gasteiger partial charge in [-0.25, -0.2) is 0 Å². The molecule has 1 rings (SSSR count). The fourth-order valence-electron chi connectivity index (χ4n) is 0.968. The van der Waals surface area contributed by atoms with Crippen molar-refractivity contribution >= 4 is 17.9 Å². The molecule has 0 aliphatic heterocycles. The molecule has 0 N–H and O–H groups in total. The van der Waals surface area contributed by atoms with Crippen molar-refractivity contribution in [1.82, 2.24) is 0 Å². The van der Waals surface area contributed by atoms with Gasteiger partial charge in [-0.15, -0.1) is 11.6 Å². The first-order valence-corrected chi connectivity index (χ1v) is 3.95. The predicted octanol–water partition coefficient (Wildman–Crippen LogP) is 2.17. The summed E-state index contributed by atoms with van der Waals surface area (Å²) in [5, 5.41) is -0.624. The summed E-state index contributed by atoms with van der Waals surface area (Å²) in [5.41, 5.74) is 0.705. The SMILES string of the molecule is COc1ccccc1C(Cl)C=O. The molecule has 1 unspecified atom stereocenters. The lowest BCUT2D eigenvalue weighted by Gasteiger charge is -2.07. The molecule has 0 aliphatic carbocycles. The molecule has 0 heterocycles. The third-order valence-corrected chi connectivity index (χ3v) is 1.89. The van der Waals surface area contributed by atoms with Crippen molar-refractivity contribution in [3.05, 3.63) is 29.8 Å². The number of para-hydroxylation sites is 1. The molecule has 0 saturated carbocycles. The molecule has 0 aromatic heterocycles. The molecule has 0 radical (unpaired) electrons. The first kappa shape index (κ1) is 9.07. The molecule has 0 saturated heterocycles. The summed E-state index contributed by atoms with van der Waals surface area (Å²) < 4.78 is 5.02. The minimum atomic E-state index is -0.624. The third-order valence-electron chi connectivity index (χ3n) is 1.56. The molecule has 64 valence electrons. The van der Waals surface area contributed by atoms with Crippen LogP contribution in [-0.2, 0) is 4.79 Å². The highest BCUT2D eigenvalue weighted by atomic mass is 35.5. The topological polar surface area (TPSA) is 26.3 Å². The van der Waals surface area contributed by atoms with Crippen LogP contribution in [0.3, 0.4) is 0 Å². The molecule has 0 fully saturated rings. The first-order chi connectivity index (χ1) is 5.79. The van der Waals surface area contributed by atoms with E-state index >= 15 is 0 Å². The second-order valence-electron chi connectivity index (χ2n) is 2.28. The number of carbonyl (C=O) groups is 1. The standard InChI is InChI=1S/C9H9ClO2/c1-12-9-5-3-2-4-7(9)8(10)6-11/h2-6,8H,1H3. The van der Waals surface area contributed by atoms with Gasteiger partial charge in [-0.05, 0) is 6.07 Å². The maximum absolute atomic E-state index is 10.4. The number of alkyl halides is 1. The summed E-state index contributed by atoms with van der Waals surface area (Å²) in [6.45, 7) is 0. The van der Waals surface area contributed by atoms with Crippen LogP contribution < -0.4 is 4.74 Å². The summed E-state index contributed by atoms with van der Waals surface area (Å²) in [4.78, 5) is 10.4. The van der Waals surface area contributed by atoms with Crippen molar-refractivity contribution in [2.75, 3.05) is 7.11 Å². The number of ether oxygens (including phenoxy) is 1. The van der Waals surface area contributed by atoms with Crippen LogP contribution in [0.5, 0.6) is 5.75 Å². The number of benzene rings is 1. The van der Waals surface area contributed by atoms with Crippen LogP contribution >= 0.6 is 11.6 Å². The third kappa shape index (κ3) is 1.77. The number of aldehydes is 1. The lowest BCUT2D eigenvalue weighted by Crippen LogP contribution is -1.95. The van der Waals surface area contributed by atoms with Crippen LogP contribution in [-0.4, -0.2) is 13.4 Å². The Labute approximate surface area is 76.1 Å². The van der Waals surface area contributed by atoms with Gasteiger partial charge in [0.2, 0.25) is 0 Å². The molecule has 0 spiro atoms.